The Morgan fingerprint density at radius 3 is 2.57 bits per heavy atom. The number of carbonyl (C=O) groups is 1. The van der Waals surface area contributed by atoms with Gasteiger partial charge in [0, 0.05) is 18.9 Å². The fraction of sp³-hybridized carbons (Fsp3) is 0.250. The number of amides is 1. The van der Waals surface area contributed by atoms with Gasteiger partial charge in [-0.25, -0.2) is 0 Å². The molecule has 0 unspecified atom stereocenters. The minimum absolute atomic E-state index is 0.205. The molecule has 0 saturated carbocycles. The number of nitrogens with zero attached hydrogens (tertiary/aromatic N) is 1. The Bertz CT molecular complexity index is 608. The monoisotopic (exact) mass is 284 g/mol. The van der Waals surface area contributed by atoms with Crippen molar-refractivity contribution in [3.8, 4) is 0 Å². The highest BCUT2D eigenvalue weighted by atomic mass is 16.1. The van der Waals surface area contributed by atoms with Crippen LogP contribution in [-0.4, -0.2) is 10.9 Å². The van der Waals surface area contributed by atoms with Crippen molar-refractivity contribution in [3.63, 3.8) is 0 Å². The second kappa shape index (κ2) is 6.85. The first-order chi connectivity index (χ1) is 10.1. The summed E-state index contributed by atoms with van der Waals surface area (Å²) in [6.45, 7) is 4.77. The number of pyridine rings is 1. The third-order valence-corrected chi connectivity index (χ3v) is 3.32. The summed E-state index contributed by atoms with van der Waals surface area (Å²) in [4.78, 5) is 16.1. The summed E-state index contributed by atoms with van der Waals surface area (Å²) in [6, 6.07) is 9.89. The van der Waals surface area contributed by atoms with Crippen molar-refractivity contribution in [1.29, 1.82) is 0 Å². The molecule has 21 heavy (non-hydrogen) atoms. The number of anilines is 1. The summed E-state index contributed by atoms with van der Waals surface area (Å²) in [5.41, 5.74) is 5.82. The minimum Gasteiger partial charge on any atom is -0.348 e. The average Bonchev–Trinajstić information content (AvgIpc) is 2.52. The summed E-state index contributed by atoms with van der Waals surface area (Å²) >= 11 is 0. The van der Waals surface area contributed by atoms with Gasteiger partial charge in [-0.15, -0.1) is 0 Å². The van der Waals surface area contributed by atoms with Gasteiger partial charge in [0.1, 0.15) is 0 Å². The maximum atomic E-state index is 12.1. The maximum Gasteiger partial charge on any atom is 0.255 e. The van der Waals surface area contributed by atoms with Crippen molar-refractivity contribution < 1.29 is 4.79 Å². The number of nitrogens with one attached hydrogen (secondary N) is 2. The van der Waals surface area contributed by atoms with E-state index in [2.05, 4.69) is 41.7 Å². The van der Waals surface area contributed by atoms with Crippen LogP contribution in [0.25, 0.3) is 0 Å². The molecule has 0 spiro atoms. The third kappa shape index (κ3) is 3.79. The molecule has 5 nitrogen and oxygen atoms in total. The number of aromatic nitrogens is 1. The molecule has 0 aliphatic carbocycles. The highest BCUT2D eigenvalue weighted by Crippen LogP contribution is 2.15. The van der Waals surface area contributed by atoms with Crippen molar-refractivity contribution in [2.45, 2.75) is 26.3 Å². The lowest BCUT2D eigenvalue weighted by molar-refractivity contribution is 0.0951. The van der Waals surface area contributed by atoms with Crippen LogP contribution in [0.5, 0.6) is 0 Å². The van der Waals surface area contributed by atoms with E-state index in [4.69, 9.17) is 5.84 Å². The van der Waals surface area contributed by atoms with Crippen LogP contribution >= 0.6 is 0 Å². The SMILES string of the molecule is CC(C)c1ccc(CNC(=O)c2cnccc2NN)cc1. The minimum atomic E-state index is -0.205. The number of carbonyl (C=O) groups excluding carboxylic acids is 1. The van der Waals surface area contributed by atoms with Crippen molar-refractivity contribution in [2.24, 2.45) is 5.84 Å². The maximum absolute atomic E-state index is 12.1. The van der Waals surface area contributed by atoms with Gasteiger partial charge in [0.25, 0.3) is 5.91 Å². The zero-order chi connectivity index (χ0) is 15.2. The van der Waals surface area contributed by atoms with E-state index in [0.29, 0.717) is 23.7 Å². The van der Waals surface area contributed by atoms with Gasteiger partial charge < -0.3 is 10.7 Å². The van der Waals surface area contributed by atoms with Crippen LogP contribution in [0.3, 0.4) is 0 Å². The molecule has 0 aliphatic rings. The number of rotatable bonds is 5. The fourth-order valence-electron chi connectivity index (χ4n) is 2.00. The second-order valence-corrected chi connectivity index (χ2v) is 5.14. The summed E-state index contributed by atoms with van der Waals surface area (Å²) < 4.78 is 0. The van der Waals surface area contributed by atoms with Gasteiger partial charge in [-0.05, 0) is 23.1 Å². The Kier molecular flexibility index (Phi) is 4.90. The number of hydrazine groups is 1. The predicted molar refractivity (Wildman–Crippen MR) is 83.7 cm³/mol. The van der Waals surface area contributed by atoms with Crippen molar-refractivity contribution in [1.82, 2.24) is 10.3 Å². The van der Waals surface area contributed by atoms with E-state index in [1.54, 1.807) is 12.3 Å². The standard InChI is InChI=1S/C16H20N4O/c1-11(2)13-5-3-12(4-6-13)9-19-16(21)14-10-18-8-7-15(14)20-17/h3-8,10-11H,9,17H2,1-2H3,(H,18,20)(H,19,21). The van der Waals surface area contributed by atoms with E-state index in [0.717, 1.165) is 5.56 Å². The number of benzene rings is 1. The van der Waals surface area contributed by atoms with Gasteiger partial charge in [0.05, 0.1) is 11.3 Å². The molecule has 0 aliphatic heterocycles. The number of hydrogen-bond acceptors (Lipinski definition) is 4. The highest BCUT2D eigenvalue weighted by molar-refractivity contribution is 5.99. The van der Waals surface area contributed by atoms with Crippen LogP contribution in [-0.2, 0) is 6.54 Å². The van der Waals surface area contributed by atoms with E-state index in [1.807, 2.05) is 12.1 Å². The molecule has 0 atom stereocenters. The Morgan fingerprint density at radius 1 is 1.24 bits per heavy atom. The Labute approximate surface area is 124 Å². The largest absolute Gasteiger partial charge is 0.348 e. The Balaban J connectivity index is 2.00. The lowest BCUT2D eigenvalue weighted by Gasteiger charge is -2.10. The molecule has 1 amide bonds. The molecule has 4 N–H and O–H groups in total. The topological polar surface area (TPSA) is 80.0 Å². The molecule has 5 heteroatoms. The van der Waals surface area contributed by atoms with Crippen LogP contribution in [0, 0.1) is 0 Å². The quantitative estimate of drug-likeness (QED) is 0.582. The first-order valence-corrected chi connectivity index (χ1v) is 6.89. The molecule has 0 saturated heterocycles. The smallest absolute Gasteiger partial charge is 0.255 e. The molecule has 1 aromatic carbocycles. The molecular formula is C16H20N4O. The first kappa shape index (κ1) is 15.0. The van der Waals surface area contributed by atoms with Crippen molar-refractivity contribution in [3.05, 3.63) is 59.4 Å². The summed E-state index contributed by atoms with van der Waals surface area (Å²) in [5.74, 6) is 5.68. The van der Waals surface area contributed by atoms with Crippen LogP contribution in [0.15, 0.2) is 42.7 Å². The van der Waals surface area contributed by atoms with Gasteiger partial charge in [-0.1, -0.05) is 38.1 Å². The molecule has 0 radical (unpaired) electrons. The summed E-state index contributed by atoms with van der Waals surface area (Å²) in [7, 11) is 0. The third-order valence-electron chi connectivity index (χ3n) is 3.32. The van der Waals surface area contributed by atoms with Gasteiger partial charge in [-0.3, -0.25) is 15.6 Å². The van der Waals surface area contributed by atoms with Crippen LogP contribution in [0.2, 0.25) is 0 Å². The molecule has 1 heterocycles. The van der Waals surface area contributed by atoms with E-state index in [1.165, 1.54) is 11.8 Å². The lowest BCUT2D eigenvalue weighted by atomic mass is 10.0. The number of nitrogen functional groups attached to an aromatic ring is 1. The molecule has 0 fully saturated rings. The van der Waals surface area contributed by atoms with E-state index >= 15 is 0 Å². The first-order valence-electron chi connectivity index (χ1n) is 6.89. The van der Waals surface area contributed by atoms with Gasteiger partial charge >= 0.3 is 0 Å². The fourth-order valence-corrected chi connectivity index (χ4v) is 2.00. The summed E-state index contributed by atoms with van der Waals surface area (Å²) in [6.07, 6.45) is 3.07. The zero-order valence-corrected chi connectivity index (χ0v) is 12.3. The molecule has 2 aromatic rings. The normalized spacial score (nSPS) is 10.5. The number of nitrogens with two attached hydrogens (primary N) is 1. The van der Waals surface area contributed by atoms with Gasteiger partial charge in [-0.2, -0.15) is 0 Å². The van der Waals surface area contributed by atoms with Crippen LogP contribution in [0.4, 0.5) is 5.69 Å². The van der Waals surface area contributed by atoms with E-state index < -0.39 is 0 Å². The predicted octanol–water partition coefficient (Wildman–Crippen LogP) is 2.42. The van der Waals surface area contributed by atoms with Crippen molar-refractivity contribution >= 4 is 11.6 Å². The second-order valence-electron chi connectivity index (χ2n) is 5.14. The van der Waals surface area contributed by atoms with E-state index in [-0.39, 0.29) is 5.91 Å². The molecule has 2 rings (SSSR count). The lowest BCUT2D eigenvalue weighted by Crippen LogP contribution is -2.25. The Hall–Kier alpha value is -2.40. The van der Waals surface area contributed by atoms with Crippen molar-refractivity contribution in [2.75, 3.05) is 5.43 Å². The highest BCUT2D eigenvalue weighted by Gasteiger charge is 2.10. The number of hydrogen-bond donors (Lipinski definition) is 3. The van der Waals surface area contributed by atoms with E-state index in [9.17, 15) is 4.79 Å². The molecular weight excluding hydrogens is 264 g/mol. The molecule has 1 aromatic heterocycles. The molecule has 110 valence electrons. The van der Waals surface area contributed by atoms with Gasteiger partial charge in [0.2, 0.25) is 0 Å². The van der Waals surface area contributed by atoms with Gasteiger partial charge in [0.15, 0.2) is 0 Å². The van der Waals surface area contributed by atoms with Crippen LogP contribution in [0.1, 0.15) is 41.3 Å². The molecule has 0 bridgehead atoms. The summed E-state index contributed by atoms with van der Waals surface area (Å²) in [5, 5.41) is 2.86. The zero-order valence-electron chi connectivity index (χ0n) is 12.3. The van der Waals surface area contributed by atoms with Crippen LogP contribution < -0.4 is 16.6 Å². The average molecular weight is 284 g/mol. The Morgan fingerprint density at radius 2 is 1.95 bits per heavy atom.